The molecule has 4 rings (SSSR count). The third kappa shape index (κ3) is 3.43. The quantitative estimate of drug-likeness (QED) is 0.594. The van der Waals surface area contributed by atoms with Gasteiger partial charge in [-0.25, -0.2) is 4.52 Å². The van der Waals surface area contributed by atoms with E-state index in [0.717, 1.165) is 11.2 Å². The summed E-state index contributed by atoms with van der Waals surface area (Å²) in [4.78, 5) is 28.5. The van der Waals surface area contributed by atoms with E-state index in [4.69, 9.17) is 5.26 Å². The number of carbonyl (C=O) groups is 2. The molecule has 1 fully saturated rings. The summed E-state index contributed by atoms with van der Waals surface area (Å²) in [6.07, 6.45) is 4.45. The number of nitrogens with one attached hydrogen (secondary N) is 3. The lowest BCUT2D eigenvalue weighted by molar-refractivity contribution is -0.127. The average Bonchev–Trinajstić information content (AvgIpc) is 3.17. The van der Waals surface area contributed by atoms with Gasteiger partial charge in [0, 0.05) is 32.3 Å². The molecule has 0 radical (unpaired) electrons. The number of carbonyl (C=O) groups excluding carboxylic acids is 2. The van der Waals surface area contributed by atoms with Gasteiger partial charge in [0.05, 0.1) is 39.9 Å². The molecule has 0 aliphatic heterocycles. The lowest BCUT2D eigenvalue weighted by Crippen LogP contribution is -2.43. The number of aromatic nitrogens is 3. The van der Waals surface area contributed by atoms with E-state index in [1.54, 1.807) is 24.7 Å². The van der Waals surface area contributed by atoms with E-state index in [0.29, 0.717) is 35.3 Å². The van der Waals surface area contributed by atoms with Crippen molar-refractivity contribution in [2.75, 3.05) is 19.4 Å². The van der Waals surface area contributed by atoms with Crippen LogP contribution in [0.25, 0.3) is 16.9 Å². The van der Waals surface area contributed by atoms with E-state index in [2.05, 4.69) is 32.1 Å². The van der Waals surface area contributed by atoms with Gasteiger partial charge in [-0.1, -0.05) is 0 Å². The van der Waals surface area contributed by atoms with E-state index < -0.39 is 0 Å². The van der Waals surface area contributed by atoms with Crippen molar-refractivity contribution in [3.63, 3.8) is 0 Å². The normalized spacial score (nSPS) is 17.6. The zero-order chi connectivity index (χ0) is 21.3. The maximum Gasteiger partial charge on any atom is 0.254 e. The first-order chi connectivity index (χ1) is 14.5. The first-order valence-corrected chi connectivity index (χ1v) is 9.62. The minimum Gasteiger partial charge on any atom is -0.382 e. The summed E-state index contributed by atoms with van der Waals surface area (Å²) < 4.78 is 1.71. The van der Waals surface area contributed by atoms with E-state index in [9.17, 15) is 9.59 Å². The van der Waals surface area contributed by atoms with Gasteiger partial charge < -0.3 is 16.0 Å². The van der Waals surface area contributed by atoms with E-state index in [-0.39, 0.29) is 23.8 Å². The van der Waals surface area contributed by atoms with Crippen LogP contribution in [0.1, 0.15) is 28.8 Å². The number of nitrogens with zero attached hydrogens (tertiary/aromatic N) is 4. The number of fused-ring (bicyclic) bond motifs is 1. The highest BCUT2D eigenvalue weighted by Gasteiger charge is 2.34. The van der Waals surface area contributed by atoms with Gasteiger partial charge in [0.2, 0.25) is 5.91 Å². The zero-order valence-electron chi connectivity index (χ0n) is 16.6. The van der Waals surface area contributed by atoms with Crippen molar-refractivity contribution in [3.05, 3.63) is 47.8 Å². The highest BCUT2D eigenvalue weighted by molar-refractivity contribution is 5.99. The molecule has 0 spiro atoms. The Morgan fingerprint density at radius 3 is 2.67 bits per heavy atom. The standard InChI is InChI=1S/C21H21N7O2/c1-23-20(29)13-6-14(7-13)27-17-8-18(25-11-16(17)21(30)24-2)19-4-3-15-5-12(9-22)10-26-28(15)19/h3-5,8,10-11,13-14H,6-7H2,1-2H3,(H,23,29)(H,24,30)(H,25,27). The van der Waals surface area contributed by atoms with Gasteiger partial charge in [-0.2, -0.15) is 10.4 Å². The Labute approximate surface area is 173 Å². The lowest BCUT2D eigenvalue weighted by Gasteiger charge is -2.35. The molecule has 0 saturated heterocycles. The number of pyridine rings is 1. The highest BCUT2D eigenvalue weighted by atomic mass is 16.2. The SMILES string of the molecule is CNC(=O)c1cnc(-c2ccc3cc(C#N)cnn23)cc1NC1CC(C(=O)NC)C1. The summed E-state index contributed by atoms with van der Waals surface area (Å²) in [6.45, 7) is 0. The number of anilines is 1. The Bertz CT molecular complexity index is 1170. The van der Waals surface area contributed by atoms with Gasteiger partial charge in [-0.05, 0) is 37.1 Å². The predicted molar refractivity (Wildman–Crippen MR) is 111 cm³/mol. The molecular weight excluding hydrogens is 382 g/mol. The van der Waals surface area contributed by atoms with Crippen LogP contribution in [0.4, 0.5) is 5.69 Å². The number of amides is 2. The van der Waals surface area contributed by atoms with Crippen molar-refractivity contribution in [2.45, 2.75) is 18.9 Å². The summed E-state index contributed by atoms with van der Waals surface area (Å²) in [6, 6.07) is 9.49. The fraction of sp³-hybridized carbons (Fsp3) is 0.286. The molecular formula is C21H21N7O2. The summed E-state index contributed by atoms with van der Waals surface area (Å²) in [5.41, 5.74) is 3.74. The molecule has 9 nitrogen and oxygen atoms in total. The van der Waals surface area contributed by atoms with Crippen LogP contribution in [0, 0.1) is 17.2 Å². The molecule has 3 N–H and O–H groups in total. The van der Waals surface area contributed by atoms with Crippen LogP contribution in [-0.2, 0) is 4.79 Å². The van der Waals surface area contributed by atoms with Crippen molar-refractivity contribution < 1.29 is 9.59 Å². The molecule has 152 valence electrons. The van der Waals surface area contributed by atoms with Crippen molar-refractivity contribution in [1.29, 1.82) is 5.26 Å². The molecule has 3 heterocycles. The Morgan fingerprint density at radius 1 is 1.17 bits per heavy atom. The fourth-order valence-corrected chi connectivity index (χ4v) is 3.66. The second kappa shape index (κ2) is 7.83. The number of rotatable bonds is 5. The van der Waals surface area contributed by atoms with Crippen molar-refractivity contribution in [3.8, 4) is 17.5 Å². The van der Waals surface area contributed by atoms with Crippen LogP contribution in [-0.4, -0.2) is 46.5 Å². The first-order valence-electron chi connectivity index (χ1n) is 9.62. The number of nitriles is 1. The van der Waals surface area contributed by atoms with Crippen LogP contribution in [0.3, 0.4) is 0 Å². The van der Waals surface area contributed by atoms with Crippen LogP contribution in [0.5, 0.6) is 0 Å². The smallest absolute Gasteiger partial charge is 0.254 e. The van der Waals surface area contributed by atoms with Crippen molar-refractivity contribution in [2.24, 2.45) is 5.92 Å². The third-order valence-corrected chi connectivity index (χ3v) is 5.38. The number of hydrogen-bond acceptors (Lipinski definition) is 6. The molecule has 0 unspecified atom stereocenters. The molecule has 1 saturated carbocycles. The van der Waals surface area contributed by atoms with E-state index >= 15 is 0 Å². The number of hydrogen-bond donors (Lipinski definition) is 3. The van der Waals surface area contributed by atoms with Crippen molar-refractivity contribution >= 4 is 23.0 Å². The predicted octanol–water partition coefficient (Wildman–Crippen LogP) is 1.56. The maximum absolute atomic E-state index is 12.3. The Morgan fingerprint density at radius 2 is 1.97 bits per heavy atom. The monoisotopic (exact) mass is 403 g/mol. The van der Waals surface area contributed by atoms with Crippen LogP contribution in [0.2, 0.25) is 0 Å². The Balaban J connectivity index is 1.66. The lowest BCUT2D eigenvalue weighted by atomic mass is 9.79. The maximum atomic E-state index is 12.3. The molecule has 1 aliphatic carbocycles. The molecule has 2 amide bonds. The van der Waals surface area contributed by atoms with E-state index in [1.165, 1.54) is 12.4 Å². The minimum atomic E-state index is -0.240. The largest absolute Gasteiger partial charge is 0.382 e. The molecule has 3 aromatic rings. The van der Waals surface area contributed by atoms with Crippen LogP contribution < -0.4 is 16.0 Å². The van der Waals surface area contributed by atoms with Gasteiger partial charge in [-0.3, -0.25) is 14.6 Å². The molecule has 0 bridgehead atoms. The molecule has 0 aromatic carbocycles. The molecule has 9 heteroatoms. The average molecular weight is 403 g/mol. The Kier molecular flexibility index (Phi) is 5.06. The van der Waals surface area contributed by atoms with Gasteiger partial charge in [0.15, 0.2) is 0 Å². The second-order valence-corrected chi connectivity index (χ2v) is 7.23. The first kappa shape index (κ1) is 19.4. The zero-order valence-corrected chi connectivity index (χ0v) is 16.6. The summed E-state index contributed by atoms with van der Waals surface area (Å²) in [5.74, 6) is -0.210. The fourth-order valence-electron chi connectivity index (χ4n) is 3.66. The topological polar surface area (TPSA) is 124 Å². The van der Waals surface area contributed by atoms with Gasteiger partial charge >= 0.3 is 0 Å². The van der Waals surface area contributed by atoms with Gasteiger partial charge in [0.1, 0.15) is 6.07 Å². The second-order valence-electron chi connectivity index (χ2n) is 7.23. The van der Waals surface area contributed by atoms with Gasteiger partial charge in [-0.15, -0.1) is 0 Å². The molecule has 30 heavy (non-hydrogen) atoms. The highest BCUT2D eigenvalue weighted by Crippen LogP contribution is 2.32. The summed E-state index contributed by atoms with van der Waals surface area (Å²) in [5, 5.41) is 22.1. The molecule has 0 atom stereocenters. The van der Waals surface area contributed by atoms with Gasteiger partial charge in [0.25, 0.3) is 5.91 Å². The summed E-state index contributed by atoms with van der Waals surface area (Å²) >= 11 is 0. The van der Waals surface area contributed by atoms with Crippen LogP contribution >= 0.6 is 0 Å². The molecule has 1 aliphatic rings. The van der Waals surface area contributed by atoms with Crippen LogP contribution in [0.15, 0.2) is 36.7 Å². The minimum absolute atomic E-state index is 0.00892. The third-order valence-electron chi connectivity index (χ3n) is 5.38. The summed E-state index contributed by atoms with van der Waals surface area (Å²) in [7, 11) is 3.21. The van der Waals surface area contributed by atoms with Crippen molar-refractivity contribution in [1.82, 2.24) is 25.2 Å². The Hall–Kier alpha value is -3.93. The van der Waals surface area contributed by atoms with E-state index in [1.807, 2.05) is 18.2 Å². The molecule has 3 aromatic heterocycles.